The molecule has 0 bridgehead atoms. The van der Waals surface area contributed by atoms with Crippen LogP contribution in [0.15, 0.2) is 30.3 Å². The van der Waals surface area contributed by atoms with Gasteiger partial charge in [-0.25, -0.2) is 4.79 Å². The van der Waals surface area contributed by atoms with Gasteiger partial charge in [0.05, 0.1) is 13.2 Å². The maximum Gasteiger partial charge on any atom is 0.328 e. The number of hydrogen-bond donors (Lipinski definition) is 1. The summed E-state index contributed by atoms with van der Waals surface area (Å²) in [6.45, 7) is 1.23. The van der Waals surface area contributed by atoms with Crippen LogP contribution in [-0.4, -0.2) is 24.3 Å². The van der Waals surface area contributed by atoms with Gasteiger partial charge in [0.25, 0.3) is 0 Å². The molecular formula is C12H12O4. The fraction of sp³-hybridized carbons (Fsp3) is 0.250. The Morgan fingerprint density at radius 3 is 2.44 bits per heavy atom. The monoisotopic (exact) mass is 220 g/mol. The second-order valence-electron chi connectivity index (χ2n) is 3.41. The van der Waals surface area contributed by atoms with E-state index in [0.29, 0.717) is 13.2 Å². The molecule has 1 aromatic rings. The first-order chi connectivity index (χ1) is 7.75. The van der Waals surface area contributed by atoms with Crippen LogP contribution in [0, 0.1) is 0 Å². The van der Waals surface area contributed by atoms with Crippen LogP contribution in [0.4, 0.5) is 0 Å². The van der Waals surface area contributed by atoms with Crippen LogP contribution >= 0.6 is 0 Å². The van der Waals surface area contributed by atoms with E-state index in [-0.39, 0.29) is 6.29 Å². The zero-order valence-electron chi connectivity index (χ0n) is 8.63. The lowest BCUT2D eigenvalue weighted by Gasteiger charge is -2.08. The first-order valence-electron chi connectivity index (χ1n) is 5.00. The lowest BCUT2D eigenvalue weighted by Crippen LogP contribution is -1.97. The van der Waals surface area contributed by atoms with Crippen molar-refractivity contribution in [3.63, 3.8) is 0 Å². The molecule has 1 aromatic carbocycles. The molecule has 16 heavy (non-hydrogen) atoms. The quantitative estimate of drug-likeness (QED) is 0.789. The maximum absolute atomic E-state index is 10.3. The standard InChI is InChI=1S/C12H12O4/c13-11(14)6-3-9-1-4-10(5-2-9)12-15-7-8-16-12/h1-6,12H,7-8H2,(H,13,14)/b6-3+. The Labute approximate surface area is 93.1 Å². The summed E-state index contributed by atoms with van der Waals surface area (Å²) in [4.78, 5) is 10.3. The van der Waals surface area contributed by atoms with Crippen molar-refractivity contribution in [3.8, 4) is 0 Å². The summed E-state index contributed by atoms with van der Waals surface area (Å²) >= 11 is 0. The van der Waals surface area contributed by atoms with Crippen molar-refractivity contribution in [2.45, 2.75) is 6.29 Å². The lowest BCUT2D eigenvalue weighted by atomic mass is 10.1. The molecule has 2 rings (SSSR count). The van der Waals surface area contributed by atoms with Gasteiger partial charge in [0.2, 0.25) is 0 Å². The van der Waals surface area contributed by atoms with E-state index in [9.17, 15) is 4.79 Å². The number of carbonyl (C=O) groups is 1. The van der Waals surface area contributed by atoms with Gasteiger partial charge in [-0.3, -0.25) is 0 Å². The van der Waals surface area contributed by atoms with Crippen molar-refractivity contribution >= 4 is 12.0 Å². The fourth-order valence-electron chi connectivity index (χ4n) is 1.48. The van der Waals surface area contributed by atoms with Crippen LogP contribution in [0.2, 0.25) is 0 Å². The van der Waals surface area contributed by atoms with Crippen molar-refractivity contribution in [2.75, 3.05) is 13.2 Å². The van der Waals surface area contributed by atoms with E-state index < -0.39 is 5.97 Å². The highest BCUT2D eigenvalue weighted by Crippen LogP contribution is 2.23. The molecule has 1 N–H and O–H groups in total. The van der Waals surface area contributed by atoms with Gasteiger partial charge in [-0.1, -0.05) is 24.3 Å². The molecule has 1 aliphatic heterocycles. The number of benzene rings is 1. The minimum Gasteiger partial charge on any atom is -0.478 e. The van der Waals surface area contributed by atoms with Gasteiger partial charge in [0, 0.05) is 11.6 Å². The van der Waals surface area contributed by atoms with E-state index in [0.717, 1.165) is 17.2 Å². The SMILES string of the molecule is O=C(O)/C=C/c1ccc(C2OCCO2)cc1. The predicted molar refractivity (Wildman–Crippen MR) is 57.8 cm³/mol. The number of aliphatic carboxylic acids is 1. The molecule has 0 amide bonds. The van der Waals surface area contributed by atoms with E-state index in [1.165, 1.54) is 0 Å². The molecule has 0 aliphatic carbocycles. The molecule has 0 atom stereocenters. The van der Waals surface area contributed by atoms with Crippen LogP contribution in [0.25, 0.3) is 6.08 Å². The van der Waals surface area contributed by atoms with Crippen molar-refractivity contribution < 1.29 is 19.4 Å². The minimum absolute atomic E-state index is 0.280. The Morgan fingerprint density at radius 2 is 1.88 bits per heavy atom. The fourth-order valence-corrected chi connectivity index (χ4v) is 1.48. The van der Waals surface area contributed by atoms with Gasteiger partial charge in [0.15, 0.2) is 6.29 Å². The molecule has 0 radical (unpaired) electrons. The third kappa shape index (κ3) is 2.68. The minimum atomic E-state index is -0.952. The molecule has 4 heteroatoms. The number of ether oxygens (including phenoxy) is 2. The first kappa shape index (κ1) is 10.9. The molecule has 0 unspecified atom stereocenters. The molecule has 1 fully saturated rings. The van der Waals surface area contributed by atoms with Crippen molar-refractivity contribution in [2.24, 2.45) is 0 Å². The van der Waals surface area contributed by atoms with Crippen LogP contribution in [0.5, 0.6) is 0 Å². The largest absolute Gasteiger partial charge is 0.478 e. The summed E-state index contributed by atoms with van der Waals surface area (Å²) in [7, 11) is 0. The second-order valence-corrected chi connectivity index (χ2v) is 3.41. The topological polar surface area (TPSA) is 55.8 Å². The summed E-state index contributed by atoms with van der Waals surface area (Å²) in [5.41, 5.74) is 1.79. The molecule has 4 nitrogen and oxygen atoms in total. The Bertz CT molecular complexity index is 388. The third-order valence-corrected chi connectivity index (χ3v) is 2.25. The van der Waals surface area contributed by atoms with Gasteiger partial charge in [-0.2, -0.15) is 0 Å². The van der Waals surface area contributed by atoms with E-state index in [2.05, 4.69) is 0 Å². The van der Waals surface area contributed by atoms with Gasteiger partial charge in [-0.05, 0) is 11.6 Å². The molecule has 0 saturated carbocycles. The summed E-state index contributed by atoms with van der Waals surface area (Å²) < 4.78 is 10.7. The highest BCUT2D eigenvalue weighted by molar-refractivity contribution is 5.85. The first-order valence-corrected chi connectivity index (χ1v) is 5.00. The van der Waals surface area contributed by atoms with Gasteiger partial charge >= 0.3 is 5.97 Å². The van der Waals surface area contributed by atoms with Crippen LogP contribution in [-0.2, 0) is 14.3 Å². The number of carboxylic acids is 1. The zero-order valence-corrected chi connectivity index (χ0v) is 8.63. The number of carboxylic acid groups (broad SMARTS) is 1. The summed E-state index contributed by atoms with van der Waals surface area (Å²) in [5.74, 6) is -0.952. The average Bonchev–Trinajstić information content (AvgIpc) is 2.80. The van der Waals surface area contributed by atoms with E-state index in [1.807, 2.05) is 24.3 Å². The van der Waals surface area contributed by atoms with Gasteiger partial charge in [-0.15, -0.1) is 0 Å². The van der Waals surface area contributed by atoms with E-state index in [4.69, 9.17) is 14.6 Å². The van der Waals surface area contributed by atoms with Crippen molar-refractivity contribution in [3.05, 3.63) is 41.5 Å². The zero-order chi connectivity index (χ0) is 11.4. The Morgan fingerprint density at radius 1 is 1.25 bits per heavy atom. The molecule has 1 heterocycles. The van der Waals surface area contributed by atoms with Crippen molar-refractivity contribution in [1.82, 2.24) is 0 Å². The highest BCUT2D eigenvalue weighted by atomic mass is 16.7. The van der Waals surface area contributed by atoms with Crippen LogP contribution in [0.3, 0.4) is 0 Å². The van der Waals surface area contributed by atoms with Crippen molar-refractivity contribution in [1.29, 1.82) is 0 Å². The van der Waals surface area contributed by atoms with E-state index >= 15 is 0 Å². The van der Waals surface area contributed by atoms with Crippen LogP contribution in [0.1, 0.15) is 17.4 Å². The second kappa shape index (κ2) is 4.92. The smallest absolute Gasteiger partial charge is 0.328 e. The Kier molecular flexibility index (Phi) is 3.34. The molecular weight excluding hydrogens is 208 g/mol. The summed E-state index contributed by atoms with van der Waals surface area (Å²) in [5, 5.41) is 8.48. The third-order valence-electron chi connectivity index (χ3n) is 2.25. The van der Waals surface area contributed by atoms with E-state index in [1.54, 1.807) is 6.08 Å². The maximum atomic E-state index is 10.3. The Balaban J connectivity index is 2.06. The van der Waals surface area contributed by atoms with Gasteiger partial charge in [0.1, 0.15) is 0 Å². The predicted octanol–water partition coefficient (Wildman–Crippen LogP) is 1.83. The lowest BCUT2D eigenvalue weighted by molar-refractivity contribution is -0.131. The molecule has 1 aliphatic rings. The average molecular weight is 220 g/mol. The normalized spacial score (nSPS) is 17.0. The van der Waals surface area contributed by atoms with Gasteiger partial charge < -0.3 is 14.6 Å². The molecule has 0 spiro atoms. The van der Waals surface area contributed by atoms with Crippen LogP contribution < -0.4 is 0 Å². The number of rotatable bonds is 3. The highest BCUT2D eigenvalue weighted by Gasteiger charge is 2.17. The molecule has 0 aromatic heterocycles. The molecule has 84 valence electrons. The Hall–Kier alpha value is -1.65. The summed E-state index contributed by atoms with van der Waals surface area (Å²) in [6.07, 6.45) is 2.37. The number of hydrogen-bond acceptors (Lipinski definition) is 3. The summed E-state index contributed by atoms with van der Waals surface area (Å²) in [6, 6.07) is 7.41. The molecule has 1 saturated heterocycles.